The third kappa shape index (κ3) is 2.67. The Morgan fingerprint density at radius 3 is 2.75 bits per heavy atom. The highest BCUT2D eigenvalue weighted by Crippen LogP contribution is 2.44. The Balaban J connectivity index is 1.54. The van der Waals surface area contributed by atoms with Crippen molar-refractivity contribution in [2.24, 2.45) is 0 Å². The summed E-state index contributed by atoms with van der Waals surface area (Å²) in [6.07, 6.45) is -1.02. The second-order valence-electron chi connectivity index (χ2n) is 6.11. The van der Waals surface area contributed by atoms with Gasteiger partial charge in [0.1, 0.15) is 23.4 Å². The van der Waals surface area contributed by atoms with Crippen LogP contribution >= 0.6 is 11.3 Å². The maximum absolute atomic E-state index is 12.8. The Kier molecular flexibility index (Phi) is 3.76. The number of thiophene rings is 1. The molecule has 0 radical (unpaired) electrons. The molecule has 0 bridgehead atoms. The van der Waals surface area contributed by atoms with E-state index in [-0.39, 0.29) is 5.60 Å². The monoisotopic (exact) mass is 355 g/mol. The zero-order chi connectivity index (χ0) is 16.8. The molecular formula is C16H16F3N3OS. The lowest BCUT2D eigenvalue weighted by molar-refractivity contribution is -0.141. The summed E-state index contributed by atoms with van der Waals surface area (Å²) in [5.74, 6) is 0.328. The van der Waals surface area contributed by atoms with Crippen molar-refractivity contribution < 1.29 is 17.9 Å². The van der Waals surface area contributed by atoms with Crippen molar-refractivity contribution in [3.8, 4) is 0 Å². The van der Waals surface area contributed by atoms with Gasteiger partial charge in [-0.2, -0.15) is 13.2 Å². The predicted molar refractivity (Wildman–Crippen MR) is 84.1 cm³/mol. The summed E-state index contributed by atoms with van der Waals surface area (Å²) in [6.45, 7) is 1.94. The molecule has 4 rings (SSSR count). The molecule has 1 fully saturated rings. The molecule has 0 amide bonds. The number of ether oxygens (including phenoxy) is 1. The second kappa shape index (κ2) is 5.70. The Hall–Kier alpha value is -1.67. The van der Waals surface area contributed by atoms with Crippen LogP contribution in [0.25, 0.3) is 0 Å². The van der Waals surface area contributed by atoms with Crippen molar-refractivity contribution in [3.63, 3.8) is 0 Å². The van der Waals surface area contributed by atoms with Crippen molar-refractivity contribution in [1.82, 2.24) is 9.97 Å². The largest absolute Gasteiger partial charge is 0.433 e. The van der Waals surface area contributed by atoms with Crippen molar-refractivity contribution in [2.45, 2.75) is 31.0 Å². The SMILES string of the molecule is FC(F)(F)c1cc(N2CCC3(CC2)OCCc2ccsc23)ncn1. The van der Waals surface area contributed by atoms with Crippen molar-refractivity contribution in [2.75, 3.05) is 24.6 Å². The van der Waals surface area contributed by atoms with Crippen molar-refractivity contribution in [3.05, 3.63) is 40.0 Å². The smallest absolute Gasteiger partial charge is 0.369 e. The van der Waals surface area contributed by atoms with E-state index < -0.39 is 11.9 Å². The van der Waals surface area contributed by atoms with E-state index in [0.717, 1.165) is 31.7 Å². The summed E-state index contributed by atoms with van der Waals surface area (Å²) in [6, 6.07) is 3.17. The van der Waals surface area contributed by atoms with Crippen LogP contribution in [0.1, 0.15) is 29.0 Å². The molecule has 24 heavy (non-hydrogen) atoms. The number of nitrogens with zero attached hydrogens (tertiary/aromatic N) is 3. The molecule has 4 heterocycles. The van der Waals surface area contributed by atoms with Gasteiger partial charge < -0.3 is 9.64 Å². The third-order valence-corrected chi connectivity index (χ3v) is 5.89. The minimum Gasteiger partial charge on any atom is -0.369 e. The highest BCUT2D eigenvalue weighted by Gasteiger charge is 2.42. The molecule has 0 aromatic carbocycles. The van der Waals surface area contributed by atoms with Gasteiger partial charge in [-0.15, -0.1) is 11.3 Å². The van der Waals surface area contributed by atoms with Gasteiger partial charge in [0, 0.05) is 24.0 Å². The molecule has 1 spiro atoms. The molecule has 128 valence electrons. The number of halogens is 3. The van der Waals surface area contributed by atoms with Gasteiger partial charge in [0.2, 0.25) is 0 Å². The van der Waals surface area contributed by atoms with Gasteiger partial charge in [0.15, 0.2) is 0 Å². The fourth-order valence-electron chi connectivity index (χ4n) is 3.50. The van der Waals surface area contributed by atoms with Crippen LogP contribution in [0.3, 0.4) is 0 Å². The molecule has 0 unspecified atom stereocenters. The van der Waals surface area contributed by atoms with E-state index in [1.165, 1.54) is 10.4 Å². The highest BCUT2D eigenvalue weighted by molar-refractivity contribution is 7.10. The van der Waals surface area contributed by atoms with Crippen molar-refractivity contribution >= 4 is 17.2 Å². The lowest BCUT2D eigenvalue weighted by Crippen LogP contribution is -2.46. The molecule has 2 aliphatic rings. The van der Waals surface area contributed by atoms with Crippen molar-refractivity contribution in [1.29, 1.82) is 0 Å². The molecule has 2 aromatic rings. The Morgan fingerprint density at radius 2 is 2.00 bits per heavy atom. The first-order valence-electron chi connectivity index (χ1n) is 7.83. The van der Waals surface area contributed by atoms with E-state index in [1.54, 1.807) is 11.3 Å². The summed E-state index contributed by atoms with van der Waals surface area (Å²) < 4.78 is 44.6. The first-order valence-corrected chi connectivity index (χ1v) is 8.71. The summed E-state index contributed by atoms with van der Waals surface area (Å²) in [5.41, 5.74) is 0.168. The Bertz CT molecular complexity index is 738. The number of alkyl halides is 3. The van der Waals surface area contributed by atoms with Gasteiger partial charge in [-0.3, -0.25) is 0 Å². The average molecular weight is 355 g/mol. The van der Waals surface area contributed by atoms with Gasteiger partial charge >= 0.3 is 6.18 Å². The molecule has 0 aliphatic carbocycles. The molecule has 0 saturated carbocycles. The van der Waals surface area contributed by atoms with Gasteiger partial charge in [-0.25, -0.2) is 9.97 Å². The van der Waals surface area contributed by atoms with E-state index in [9.17, 15) is 13.2 Å². The van der Waals surface area contributed by atoms with Crippen LogP contribution in [-0.4, -0.2) is 29.7 Å². The second-order valence-corrected chi connectivity index (χ2v) is 7.03. The lowest BCUT2D eigenvalue weighted by atomic mass is 9.85. The molecule has 0 atom stereocenters. The highest BCUT2D eigenvalue weighted by atomic mass is 32.1. The minimum absolute atomic E-state index is 0.280. The molecule has 0 N–H and O–H groups in total. The van der Waals surface area contributed by atoms with Gasteiger partial charge in [-0.1, -0.05) is 0 Å². The third-order valence-electron chi connectivity index (χ3n) is 4.75. The average Bonchev–Trinajstić information content (AvgIpc) is 3.05. The van der Waals surface area contributed by atoms with E-state index >= 15 is 0 Å². The molecular weight excluding hydrogens is 339 g/mol. The van der Waals surface area contributed by atoms with Crippen LogP contribution in [0.5, 0.6) is 0 Å². The number of fused-ring (bicyclic) bond motifs is 2. The number of aromatic nitrogens is 2. The normalized spacial score (nSPS) is 20.2. The fourth-order valence-corrected chi connectivity index (χ4v) is 4.67. The minimum atomic E-state index is -4.45. The summed E-state index contributed by atoms with van der Waals surface area (Å²) >= 11 is 1.72. The van der Waals surface area contributed by atoms with Crippen LogP contribution in [0.15, 0.2) is 23.8 Å². The number of hydrogen-bond donors (Lipinski definition) is 0. The van der Waals surface area contributed by atoms with Crippen LogP contribution in [0, 0.1) is 0 Å². The maximum atomic E-state index is 12.8. The number of hydrogen-bond acceptors (Lipinski definition) is 5. The van der Waals surface area contributed by atoms with Gasteiger partial charge in [0.05, 0.1) is 6.61 Å². The zero-order valence-electron chi connectivity index (χ0n) is 12.8. The van der Waals surface area contributed by atoms with E-state index in [2.05, 4.69) is 21.4 Å². The molecule has 2 aliphatic heterocycles. The standard InChI is InChI=1S/C16H16F3N3OS/c17-16(18,19)12-9-13(21-10-20-12)22-5-3-15(4-6-22)14-11(1-7-23-15)2-8-24-14/h2,8-10H,1,3-7H2. The number of anilines is 1. The van der Waals surface area contributed by atoms with Crippen LogP contribution < -0.4 is 4.90 Å². The summed E-state index contributed by atoms with van der Waals surface area (Å²) in [5, 5.41) is 2.09. The molecule has 1 saturated heterocycles. The number of piperidine rings is 1. The maximum Gasteiger partial charge on any atom is 0.433 e. The van der Waals surface area contributed by atoms with E-state index in [0.29, 0.717) is 25.5 Å². The number of rotatable bonds is 1. The topological polar surface area (TPSA) is 38.2 Å². The van der Waals surface area contributed by atoms with Gasteiger partial charge in [0.25, 0.3) is 0 Å². The zero-order valence-corrected chi connectivity index (χ0v) is 13.7. The van der Waals surface area contributed by atoms with E-state index in [1.807, 2.05) is 4.90 Å². The van der Waals surface area contributed by atoms with Crippen LogP contribution in [-0.2, 0) is 22.9 Å². The lowest BCUT2D eigenvalue weighted by Gasteiger charge is -2.44. The van der Waals surface area contributed by atoms with Crippen LogP contribution in [0.4, 0.5) is 19.0 Å². The van der Waals surface area contributed by atoms with Gasteiger partial charge in [-0.05, 0) is 36.3 Å². The van der Waals surface area contributed by atoms with Crippen LogP contribution in [0.2, 0.25) is 0 Å². The Labute approximate surface area is 141 Å². The quantitative estimate of drug-likeness (QED) is 0.783. The Morgan fingerprint density at radius 1 is 1.21 bits per heavy atom. The fraction of sp³-hybridized carbons (Fsp3) is 0.500. The summed E-state index contributed by atoms with van der Waals surface area (Å²) in [4.78, 5) is 10.5. The van der Waals surface area contributed by atoms with E-state index in [4.69, 9.17) is 4.74 Å². The first-order chi connectivity index (χ1) is 11.5. The molecule has 8 heteroatoms. The molecule has 2 aromatic heterocycles. The summed E-state index contributed by atoms with van der Waals surface area (Å²) in [7, 11) is 0. The first kappa shape index (κ1) is 15.8. The predicted octanol–water partition coefficient (Wildman–Crippen LogP) is 3.63. The molecule has 4 nitrogen and oxygen atoms in total.